The summed E-state index contributed by atoms with van der Waals surface area (Å²) in [6.07, 6.45) is -1.77. The summed E-state index contributed by atoms with van der Waals surface area (Å²) in [7, 11) is 0. The molecule has 1 fully saturated rings. The lowest BCUT2D eigenvalue weighted by Gasteiger charge is -2.32. The van der Waals surface area contributed by atoms with Gasteiger partial charge in [0.1, 0.15) is 5.69 Å². The fourth-order valence-electron chi connectivity index (χ4n) is 3.49. The van der Waals surface area contributed by atoms with Gasteiger partial charge in [0.25, 0.3) is 11.6 Å². The molecule has 0 spiro atoms. The van der Waals surface area contributed by atoms with Crippen LogP contribution >= 0.6 is 0 Å². The largest absolute Gasteiger partial charge is 0.417 e. The molecule has 1 N–H and O–H groups in total. The summed E-state index contributed by atoms with van der Waals surface area (Å²) in [5.74, 6) is -0.550. The Labute approximate surface area is 151 Å². The van der Waals surface area contributed by atoms with Gasteiger partial charge in [0.05, 0.1) is 22.3 Å². The first-order valence-corrected chi connectivity index (χ1v) is 8.47. The van der Waals surface area contributed by atoms with Gasteiger partial charge in [0.15, 0.2) is 0 Å². The van der Waals surface area contributed by atoms with Gasteiger partial charge in [0.2, 0.25) is 0 Å². The maximum atomic E-state index is 13.5. The van der Waals surface area contributed by atoms with E-state index in [9.17, 15) is 18.0 Å². The number of alkyl halides is 3. The standard InChI is InChI=1S/C17H16F3N5O2/c1-9-14-11(17(18,19)20)7-13(22-15(14)27-24-9)10-3-2-6-25(8-10)16(26)12-4-5-21-23-12/h4-5,7,10H,2-3,6,8H2,1H3,(H,21,23). The van der Waals surface area contributed by atoms with Crippen molar-refractivity contribution in [2.24, 2.45) is 0 Å². The van der Waals surface area contributed by atoms with E-state index in [1.807, 2.05) is 0 Å². The van der Waals surface area contributed by atoms with Crippen LogP contribution in [0, 0.1) is 6.92 Å². The number of hydrogen-bond acceptors (Lipinski definition) is 5. The van der Waals surface area contributed by atoms with Crippen LogP contribution in [0.4, 0.5) is 13.2 Å². The van der Waals surface area contributed by atoms with Crippen LogP contribution in [0.15, 0.2) is 22.9 Å². The number of carbonyl (C=O) groups is 1. The molecule has 0 saturated carbocycles. The van der Waals surface area contributed by atoms with E-state index < -0.39 is 11.7 Å². The van der Waals surface area contributed by atoms with E-state index in [1.54, 1.807) is 11.0 Å². The molecule has 3 aromatic heterocycles. The molecule has 0 bridgehead atoms. The number of aryl methyl sites for hydroxylation is 1. The van der Waals surface area contributed by atoms with E-state index in [4.69, 9.17) is 4.52 Å². The predicted octanol–water partition coefficient (Wildman–Crippen LogP) is 3.29. The summed E-state index contributed by atoms with van der Waals surface area (Å²) in [5.41, 5.74) is -0.183. The highest BCUT2D eigenvalue weighted by Crippen LogP contribution is 2.38. The Hall–Kier alpha value is -2.91. The Morgan fingerprint density at radius 2 is 2.22 bits per heavy atom. The van der Waals surface area contributed by atoms with Crippen molar-refractivity contribution in [1.82, 2.24) is 25.2 Å². The zero-order valence-corrected chi connectivity index (χ0v) is 14.4. The number of halogens is 3. The fourth-order valence-corrected chi connectivity index (χ4v) is 3.49. The molecule has 4 heterocycles. The van der Waals surface area contributed by atoms with E-state index in [-0.39, 0.29) is 40.9 Å². The summed E-state index contributed by atoms with van der Waals surface area (Å²) >= 11 is 0. The third-order valence-corrected chi connectivity index (χ3v) is 4.80. The lowest BCUT2D eigenvalue weighted by molar-refractivity contribution is -0.136. The van der Waals surface area contributed by atoms with Crippen LogP contribution in [-0.2, 0) is 6.18 Å². The second-order valence-corrected chi connectivity index (χ2v) is 6.60. The number of aromatic nitrogens is 4. The number of pyridine rings is 1. The van der Waals surface area contributed by atoms with Crippen molar-refractivity contribution in [3.63, 3.8) is 0 Å². The van der Waals surface area contributed by atoms with Crippen LogP contribution in [0.3, 0.4) is 0 Å². The number of fused-ring (bicyclic) bond motifs is 1. The third kappa shape index (κ3) is 3.15. The normalized spacial score (nSPS) is 18.2. The van der Waals surface area contributed by atoms with E-state index in [0.717, 1.165) is 6.07 Å². The molecule has 1 aliphatic rings. The molecule has 7 nitrogen and oxygen atoms in total. The summed E-state index contributed by atoms with van der Waals surface area (Å²) in [6, 6.07) is 2.62. The van der Waals surface area contributed by atoms with Gasteiger partial charge in [-0.15, -0.1) is 0 Å². The Kier molecular flexibility index (Phi) is 4.12. The van der Waals surface area contributed by atoms with Crippen molar-refractivity contribution in [3.8, 4) is 0 Å². The molecule has 1 aliphatic heterocycles. The Morgan fingerprint density at radius 3 is 2.93 bits per heavy atom. The van der Waals surface area contributed by atoms with Crippen LogP contribution in [0.2, 0.25) is 0 Å². The number of rotatable bonds is 2. The fraction of sp³-hybridized carbons (Fsp3) is 0.412. The molecule has 1 amide bonds. The SMILES string of the molecule is Cc1noc2nc(C3CCCN(C(=O)c4ccn[nH]4)C3)cc(C(F)(F)F)c12. The van der Waals surface area contributed by atoms with Crippen LogP contribution in [0.5, 0.6) is 0 Å². The van der Waals surface area contributed by atoms with Gasteiger partial charge in [-0.1, -0.05) is 5.16 Å². The minimum absolute atomic E-state index is 0.118. The maximum Gasteiger partial charge on any atom is 0.417 e. The Balaban J connectivity index is 1.68. The molecule has 27 heavy (non-hydrogen) atoms. The molecule has 1 unspecified atom stereocenters. The zero-order chi connectivity index (χ0) is 19.2. The smallest absolute Gasteiger partial charge is 0.337 e. The van der Waals surface area contributed by atoms with Gasteiger partial charge in [-0.3, -0.25) is 9.89 Å². The van der Waals surface area contributed by atoms with Crippen LogP contribution in [-0.4, -0.2) is 44.2 Å². The van der Waals surface area contributed by atoms with Gasteiger partial charge in [0, 0.05) is 25.2 Å². The highest BCUT2D eigenvalue weighted by atomic mass is 19.4. The van der Waals surface area contributed by atoms with Crippen molar-refractivity contribution in [1.29, 1.82) is 0 Å². The number of aromatic amines is 1. The van der Waals surface area contributed by atoms with E-state index in [2.05, 4.69) is 20.3 Å². The van der Waals surface area contributed by atoms with E-state index >= 15 is 0 Å². The number of amides is 1. The quantitative estimate of drug-likeness (QED) is 0.738. The highest BCUT2D eigenvalue weighted by Gasteiger charge is 2.37. The molecule has 0 aliphatic carbocycles. The molecule has 4 rings (SSSR count). The van der Waals surface area contributed by atoms with Gasteiger partial charge in [-0.05, 0) is 31.9 Å². The first kappa shape index (κ1) is 17.5. The van der Waals surface area contributed by atoms with Crippen molar-refractivity contribution < 1.29 is 22.5 Å². The van der Waals surface area contributed by atoms with Crippen LogP contribution in [0.25, 0.3) is 11.1 Å². The van der Waals surface area contributed by atoms with Gasteiger partial charge in [-0.2, -0.15) is 18.3 Å². The maximum absolute atomic E-state index is 13.5. The zero-order valence-electron chi connectivity index (χ0n) is 14.4. The number of nitrogens with zero attached hydrogens (tertiary/aromatic N) is 4. The molecule has 1 atom stereocenters. The number of hydrogen-bond donors (Lipinski definition) is 1. The van der Waals surface area contributed by atoms with E-state index in [0.29, 0.717) is 25.1 Å². The lowest BCUT2D eigenvalue weighted by atomic mass is 9.92. The molecular formula is C17H16F3N5O2. The lowest BCUT2D eigenvalue weighted by Crippen LogP contribution is -2.39. The molecule has 0 radical (unpaired) electrons. The molecule has 1 saturated heterocycles. The van der Waals surface area contributed by atoms with Crippen LogP contribution < -0.4 is 0 Å². The number of piperidine rings is 1. The topological polar surface area (TPSA) is 87.9 Å². The first-order chi connectivity index (χ1) is 12.8. The average Bonchev–Trinajstić information content (AvgIpc) is 3.30. The van der Waals surface area contributed by atoms with E-state index in [1.165, 1.54) is 13.1 Å². The monoisotopic (exact) mass is 379 g/mol. The minimum Gasteiger partial charge on any atom is -0.337 e. The predicted molar refractivity (Wildman–Crippen MR) is 88.0 cm³/mol. The van der Waals surface area contributed by atoms with Gasteiger partial charge in [-0.25, -0.2) is 4.98 Å². The van der Waals surface area contributed by atoms with Crippen molar-refractivity contribution in [2.45, 2.75) is 31.9 Å². The minimum atomic E-state index is -4.55. The number of H-pyrrole nitrogens is 1. The van der Waals surface area contributed by atoms with Crippen molar-refractivity contribution >= 4 is 17.0 Å². The second-order valence-electron chi connectivity index (χ2n) is 6.60. The van der Waals surface area contributed by atoms with Crippen molar-refractivity contribution in [2.75, 3.05) is 13.1 Å². The summed E-state index contributed by atoms with van der Waals surface area (Å²) in [4.78, 5) is 18.4. The second kappa shape index (κ2) is 6.36. The molecule has 142 valence electrons. The number of carbonyl (C=O) groups excluding carboxylic acids is 1. The highest BCUT2D eigenvalue weighted by molar-refractivity contribution is 5.92. The summed E-state index contributed by atoms with van der Waals surface area (Å²) < 4.78 is 45.6. The Morgan fingerprint density at radius 1 is 1.41 bits per heavy atom. The Bertz CT molecular complexity index is 981. The molecular weight excluding hydrogens is 363 g/mol. The number of nitrogens with one attached hydrogen (secondary N) is 1. The molecule has 3 aromatic rings. The molecule has 10 heteroatoms. The number of likely N-dealkylation sites (tertiary alicyclic amines) is 1. The summed E-state index contributed by atoms with van der Waals surface area (Å²) in [6.45, 7) is 2.26. The summed E-state index contributed by atoms with van der Waals surface area (Å²) in [5, 5.41) is 9.88. The van der Waals surface area contributed by atoms with Crippen LogP contribution in [0.1, 0.15) is 46.2 Å². The first-order valence-electron chi connectivity index (χ1n) is 8.47. The van der Waals surface area contributed by atoms with Crippen molar-refractivity contribution in [3.05, 3.63) is 41.0 Å². The molecule has 0 aromatic carbocycles. The average molecular weight is 379 g/mol. The van der Waals surface area contributed by atoms with Gasteiger partial charge < -0.3 is 9.42 Å². The third-order valence-electron chi connectivity index (χ3n) is 4.80. The van der Waals surface area contributed by atoms with Gasteiger partial charge >= 0.3 is 6.18 Å².